The Morgan fingerprint density at radius 3 is 1.77 bits per heavy atom. The van der Waals surface area contributed by atoms with Crippen LogP contribution in [0.15, 0.2) is 103 Å². The first-order chi connectivity index (χ1) is 12.8. The van der Waals surface area contributed by atoms with Gasteiger partial charge in [-0.3, -0.25) is 0 Å². The van der Waals surface area contributed by atoms with E-state index in [9.17, 15) is 0 Å². The van der Waals surface area contributed by atoms with E-state index in [0.29, 0.717) is 19.8 Å². The summed E-state index contributed by atoms with van der Waals surface area (Å²) >= 11 is 0. The van der Waals surface area contributed by atoms with Gasteiger partial charge in [0.15, 0.2) is 0 Å². The fraction of sp³-hybridized carbons (Fsp3) is 0.167. The van der Waals surface area contributed by atoms with Gasteiger partial charge in [0, 0.05) is 0 Å². The lowest BCUT2D eigenvalue weighted by atomic mass is 10.0. The molecule has 1 unspecified atom stereocenters. The van der Waals surface area contributed by atoms with E-state index in [1.165, 1.54) is 0 Å². The van der Waals surface area contributed by atoms with Crippen LogP contribution >= 0.6 is 0 Å². The predicted octanol–water partition coefficient (Wildman–Crippen LogP) is 5.72. The molecule has 0 amide bonds. The molecule has 0 saturated heterocycles. The van der Waals surface area contributed by atoms with Crippen LogP contribution in [0.5, 0.6) is 0 Å². The maximum absolute atomic E-state index is 6.20. The summed E-state index contributed by atoms with van der Waals surface area (Å²) in [6.45, 7) is 5.80. The van der Waals surface area contributed by atoms with Crippen LogP contribution in [0.2, 0.25) is 0 Å². The van der Waals surface area contributed by atoms with Gasteiger partial charge >= 0.3 is 0 Å². The molecule has 0 spiro atoms. The van der Waals surface area contributed by atoms with E-state index in [2.05, 4.69) is 43.0 Å². The largest absolute Gasteiger partial charge is 0.372 e. The maximum Gasteiger partial charge on any atom is 0.106 e. The first kappa shape index (κ1) is 18.1. The van der Waals surface area contributed by atoms with Crippen molar-refractivity contribution in [1.82, 2.24) is 0 Å². The SMILES string of the molecule is C=C(COCc1ccccc1)C(OCc1ccccc1)c1ccccc1. The van der Waals surface area contributed by atoms with Crippen molar-refractivity contribution in [3.63, 3.8) is 0 Å². The van der Waals surface area contributed by atoms with Crippen molar-refractivity contribution in [2.45, 2.75) is 19.3 Å². The summed E-state index contributed by atoms with van der Waals surface area (Å²) in [5.41, 5.74) is 4.31. The molecule has 0 heterocycles. The monoisotopic (exact) mass is 344 g/mol. The Kier molecular flexibility index (Phi) is 6.77. The van der Waals surface area contributed by atoms with E-state index < -0.39 is 0 Å². The van der Waals surface area contributed by atoms with Crippen LogP contribution in [0, 0.1) is 0 Å². The van der Waals surface area contributed by atoms with Crippen LogP contribution in [0.1, 0.15) is 22.8 Å². The molecule has 0 radical (unpaired) electrons. The van der Waals surface area contributed by atoms with E-state index in [0.717, 1.165) is 22.3 Å². The molecular weight excluding hydrogens is 320 g/mol. The van der Waals surface area contributed by atoms with Crippen LogP contribution in [0.3, 0.4) is 0 Å². The zero-order chi connectivity index (χ0) is 18.0. The molecule has 0 aliphatic heterocycles. The number of ether oxygens (including phenoxy) is 2. The summed E-state index contributed by atoms with van der Waals surface area (Å²) in [6, 6.07) is 30.5. The molecule has 0 bridgehead atoms. The Balaban J connectivity index is 1.61. The Bertz CT molecular complexity index is 782. The van der Waals surface area contributed by atoms with Gasteiger partial charge in [0.05, 0.1) is 19.8 Å². The molecule has 26 heavy (non-hydrogen) atoms. The highest BCUT2D eigenvalue weighted by Crippen LogP contribution is 2.26. The molecule has 132 valence electrons. The Morgan fingerprint density at radius 1 is 0.692 bits per heavy atom. The van der Waals surface area contributed by atoms with Gasteiger partial charge in [0.2, 0.25) is 0 Å². The molecule has 1 atom stereocenters. The van der Waals surface area contributed by atoms with Gasteiger partial charge < -0.3 is 9.47 Å². The molecular formula is C24H24O2. The fourth-order valence-corrected chi connectivity index (χ4v) is 2.78. The lowest BCUT2D eigenvalue weighted by molar-refractivity contribution is 0.0459. The van der Waals surface area contributed by atoms with Gasteiger partial charge in [-0.05, 0) is 22.3 Å². The quantitative estimate of drug-likeness (QED) is 0.462. The minimum atomic E-state index is -0.188. The van der Waals surface area contributed by atoms with Gasteiger partial charge in [-0.2, -0.15) is 0 Å². The van der Waals surface area contributed by atoms with Gasteiger partial charge in [-0.25, -0.2) is 0 Å². The second-order valence-electron chi connectivity index (χ2n) is 6.22. The Hall–Kier alpha value is -2.68. The van der Waals surface area contributed by atoms with E-state index in [4.69, 9.17) is 9.47 Å². The van der Waals surface area contributed by atoms with Crippen LogP contribution in [0.25, 0.3) is 0 Å². The average molecular weight is 344 g/mol. The van der Waals surface area contributed by atoms with Crippen molar-refractivity contribution >= 4 is 0 Å². The second-order valence-corrected chi connectivity index (χ2v) is 6.22. The van der Waals surface area contributed by atoms with Crippen molar-refractivity contribution in [3.8, 4) is 0 Å². The van der Waals surface area contributed by atoms with Crippen molar-refractivity contribution in [2.24, 2.45) is 0 Å². The molecule has 0 aliphatic carbocycles. The number of hydrogen-bond donors (Lipinski definition) is 0. The van der Waals surface area contributed by atoms with Gasteiger partial charge in [0.25, 0.3) is 0 Å². The van der Waals surface area contributed by atoms with E-state index in [-0.39, 0.29) is 6.10 Å². The first-order valence-electron chi connectivity index (χ1n) is 8.83. The fourth-order valence-electron chi connectivity index (χ4n) is 2.78. The standard InChI is InChI=1S/C24H24O2/c1-20(17-25-18-21-11-5-2-6-12-21)24(23-15-9-4-10-16-23)26-19-22-13-7-3-8-14-22/h2-16,24H,1,17-19H2. The Labute approximate surface area is 155 Å². The number of rotatable bonds is 9. The maximum atomic E-state index is 6.20. The topological polar surface area (TPSA) is 18.5 Å². The normalized spacial score (nSPS) is 11.8. The lowest BCUT2D eigenvalue weighted by Crippen LogP contribution is -2.11. The molecule has 0 aliphatic rings. The van der Waals surface area contributed by atoms with Crippen molar-refractivity contribution in [1.29, 1.82) is 0 Å². The zero-order valence-corrected chi connectivity index (χ0v) is 14.9. The molecule has 0 fully saturated rings. The minimum absolute atomic E-state index is 0.188. The van der Waals surface area contributed by atoms with E-state index in [1.54, 1.807) is 0 Å². The van der Waals surface area contributed by atoms with E-state index in [1.807, 2.05) is 54.6 Å². The molecule has 0 saturated carbocycles. The highest BCUT2D eigenvalue weighted by molar-refractivity contribution is 5.26. The van der Waals surface area contributed by atoms with Crippen LogP contribution in [-0.2, 0) is 22.7 Å². The van der Waals surface area contributed by atoms with Crippen molar-refractivity contribution in [3.05, 3.63) is 120 Å². The molecule has 0 N–H and O–H groups in total. The van der Waals surface area contributed by atoms with Crippen LogP contribution in [-0.4, -0.2) is 6.61 Å². The smallest absolute Gasteiger partial charge is 0.106 e. The van der Waals surface area contributed by atoms with Crippen molar-refractivity contribution < 1.29 is 9.47 Å². The average Bonchev–Trinajstić information content (AvgIpc) is 2.70. The van der Waals surface area contributed by atoms with Crippen molar-refractivity contribution in [2.75, 3.05) is 6.61 Å². The highest BCUT2D eigenvalue weighted by Gasteiger charge is 2.16. The molecule has 3 aromatic carbocycles. The van der Waals surface area contributed by atoms with Gasteiger partial charge in [-0.15, -0.1) is 0 Å². The van der Waals surface area contributed by atoms with E-state index >= 15 is 0 Å². The van der Waals surface area contributed by atoms with Crippen LogP contribution in [0.4, 0.5) is 0 Å². The molecule has 2 nitrogen and oxygen atoms in total. The summed E-state index contributed by atoms with van der Waals surface area (Å²) < 4.78 is 12.1. The summed E-state index contributed by atoms with van der Waals surface area (Å²) in [5.74, 6) is 0. The molecule has 0 aromatic heterocycles. The first-order valence-corrected chi connectivity index (χ1v) is 8.83. The summed E-state index contributed by atoms with van der Waals surface area (Å²) in [6.07, 6.45) is -0.188. The number of benzene rings is 3. The highest BCUT2D eigenvalue weighted by atomic mass is 16.5. The molecule has 2 heteroatoms. The zero-order valence-electron chi connectivity index (χ0n) is 14.9. The third-order valence-corrected chi connectivity index (χ3v) is 4.13. The summed E-state index contributed by atoms with van der Waals surface area (Å²) in [4.78, 5) is 0. The predicted molar refractivity (Wildman–Crippen MR) is 106 cm³/mol. The summed E-state index contributed by atoms with van der Waals surface area (Å²) in [7, 11) is 0. The van der Waals surface area contributed by atoms with Gasteiger partial charge in [-0.1, -0.05) is 97.6 Å². The summed E-state index contributed by atoms with van der Waals surface area (Å²) in [5, 5.41) is 0. The third kappa shape index (κ3) is 5.41. The van der Waals surface area contributed by atoms with Crippen LogP contribution < -0.4 is 0 Å². The molecule has 3 aromatic rings. The minimum Gasteiger partial charge on any atom is -0.372 e. The number of hydrogen-bond acceptors (Lipinski definition) is 2. The van der Waals surface area contributed by atoms with Gasteiger partial charge in [0.1, 0.15) is 6.10 Å². The Morgan fingerprint density at radius 2 is 1.19 bits per heavy atom. The third-order valence-electron chi connectivity index (χ3n) is 4.13. The molecule has 3 rings (SSSR count). The lowest BCUT2D eigenvalue weighted by Gasteiger charge is -2.21. The second kappa shape index (κ2) is 9.71.